The van der Waals surface area contributed by atoms with Crippen LogP contribution in [0.5, 0.6) is 11.5 Å². The summed E-state index contributed by atoms with van der Waals surface area (Å²) in [6, 6.07) is 17.0. The van der Waals surface area contributed by atoms with E-state index in [1.807, 2.05) is 18.2 Å². The van der Waals surface area contributed by atoms with Gasteiger partial charge in [-0.3, -0.25) is 9.59 Å². The molecule has 3 aromatic rings. The summed E-state index contributed by atoms with van der Waals surface area (Å²) in [7, 11) is 4.86. The van der Waals surface area contributed by atoms with Crippen molar-refractivity contribution in [3.63, 3.8) is 0 Å². The number of benzene rings is 3. The van der Waals surface area contributed by atoms with Gasteiger partial charge in [-0.05, 0) is 73.4 Å². The average Bonchev–Trinajstić information content (AvgIpc) is 3.04. The number of alkyl halides is 3. The molecule has 11 heteroatoms. The first-order valence-corrected chi connectivity index (χ1v) is 14.8. The van der Waals surface area contributed by atoms with Crippen LogP contribution >= 0.6 is 0 Å². The van der Waals surface area contributed by atoms with Crippen LogP contribution in [0, 0.1) is 0 Å². The van der Waals surface area contributed by atoms with Crippen molar-refractivity contribution in [1.29, 1.82) is 0 Å². The molecule has 0 radical (unpaired) electrons. The van der Waals surface area contributed by atoms with Crippen LogP contribution in [0.4, 0.5) is 13.2 Å². The highest BCUT2D eigenvalue weighted by Crippen LogP contribution is 2.39. The Morgan fingerprint density at radius 1 is 0.935 bits per heavy atom. The molecular formula is C35H37F3N2O6. The number of likely N-dealkylation sites (N-methyl/N-ethyl adjacent to an activating group) is 1. The summed E-state index contributed by atoms with van der Waals surface area (Å²) in [5.41, 5.74) is 2.40. The lowest BCUT2D eigenvalue weighted by atomic mass is 9.83. The number of esters is 1. The fourth-order valence-corrected chi connectivity index (χ4v) is 5.46. The number of allylic oxidation sites excluding steroid dienone is 1. The zero-order valence-electron chi connectivity index (χ0n) is 26.4. The maximum Gasteiger partial charge on any atom is 0.416 e. The Morgan fingerprint density at radius 2 is 1.57 bits per heavy atom. The first-order chi connectivity index (χ1) is 21.9. The van der Waals surface area contributed by atoms with Gasteiger partial charge in [-0.15, -0.1) is 0 Å². The summed E-state index contributed by atoms with van der Waals surface area (Å²) in [5.74, 6) is -0.583. The van der Waals surface area contributed by atoms with Crippen molar-refractivity contribution in [2.45, 2.75) is 45.3 Å². The molecule has 46 heavy (non-hydrogen) atoms. The van der Waals surface area contributed by atoms with E-state index in [1.165, 1.54) is 17.0 Å². The third kappa shape index (κ3) is 7.70. The summed E-state index contributed by atoms with van der Waals surface area (Å²) in [6.45, 7) is 3.99. The van der Waals surface area contributed by atoms with Crippen LogP contribution in [0.1, 0.15) is 58.8 Å². The van der Waals surface area contributed by atoms with Crippen molar-refractivity contribution < 1.29 is 41.8 Å². The molecule has 0 saturated heterocycles. The molecule has 8 nitrogen and oxygen atoms in total. The van der Waals surface area contributed by atoms with Crippen molar-refractivity contribution in [1.82, 2.24) is 9.80 Å². The Balaban J connectivity index is 1.48. The molecule has 1 atom stereocenters. The van der Waals surface area contributed by atoms with Crippen LogP contribution in [0.15, 0.2) is 78.0 Å². The SMILES string of the molecule is CCOC(=O)C1=C(C)N(Cc2ccc(C(=O)N(C)CCc3ccc(OC)c(OC)c3)cc2)C(=O)CC1c1ccc(C(F)(F)F)cc1. The maximum absolute atomic E-state index is 13.4. The van der Waals surface area contributed by atoms with E-state index in [-0.39, 0.29) is 37.0 Å². The zero-order chi connectivity index (χ0) is 33.6. The summed E-state index contributed by atoms with van der Waals surface area (Å²) in [4.78, 5) is 42.6. The van der Waals surface area contributed by atoms with E-state index in [0.29, 0.717) is 41.3 Å². The Labute approximate surface area is 266 Å². The summed E-state index contributed by atoms with van der Waals surface area (Å²) in [5, 5.41) is 0. The first kappa shape index (κ1) is 34.1. The number of nitrogens with zero attached hydrogens (tertiary/aromatic N) is 2. The minimum absolute atomic E-state index is 0.0987. The highest BCUT2D eigenvalue weighted by Gasteiger charge is 2.37. The molecule has 0 bridgehead atoms. The molecule has 1 heterocycles. The van der Waals surface area contributed by atoms with Crippen molar-refractivity contribution in [3.8, 4) is 11.5 Å². The molecule has 0 saturated carbocycles. The molecule has 3 aromatic carbocycles. The van der Waals surface area contributed by atoms with Gasteiger partial charge in [0.15, 0.2) is 11.5 Å². The molecule has 4 rings (SSSR count). The van der Waals surface area contributed by atoms with E-state index in [2.05, 4.69) is 0 Å². The van der Waals surface area contributed by atoms with Crippen LogP contribution in [0.25, 0.3) is 0 Å². The van der Waals surface area contributed by atoms with E-state index < -0.39 is 23.6 Å². The van der Waals surface area contributed by atoms with E-state index >= 15 is 0 Å². The number of carbonyl (C=O) groups excluding carboxylic acids is 3. The number of hydrogen-bond donors (Lipinski definition) is 0. The Bertz CT molecular complexity index is 1600. The lowest BCUT2D eigenvalue weighted by Gasteiger charge is -2.34. The van der Waals surface area contributed by atoms with Crippen LogP contribution in [-0.4, -0.2) is 62.0 Å². The lowest BCUT2D eigenvalue weighted by Crippen LogP contribution is -2.38. The van der Waals surface area contributed by atoms with Crippen LogP contribution in [-0.2, 0) is 33.5 Å². The third-order valence-corrected chi connectivity index (χ3v) is 8.03. The molecule has 0 aliphatic carbocycles. The van der Waals surface area contributed by atoms with E-state index in [9.17, 15) is 27.6 Å². The van der Waals surface area contributed by atoms with Crippen molar-refractivity contribution in [2.75, 3.05) is 34.4 Å². The predicted molar refractivity (Wildman–Crippen MR) is 165 cm³/mol. The first-order valence-electron chi connectivity index (χ1n) is 14.8. The van der Waals surface area contributed by atoms with Crippen molar-refractivity contribution in [3.05, 3.63) is 106 Å². The van der Waals surface area contributed by atoms with Gasteiger partial charge in [0.25, 0.3) is 5.91 Å². The topological polar surface area (TPSA) is 85.4 Å². The largest absolute Gasteiger partial charge is 0.493 e. The fourth-order valence-electron chi connectivity index (χ4n) is 5.46. The minimum Gasteiger partial charge on any atom is -0.493 e. The van der Waals surface area contributed by atoms with Gasteiger partial charge in [0.2, 0.25) is 5.91 Å². The predicted octanol–water partition coefficient (Wildman–Crippen LogP) is 6.39. The average molecular weight is 639 g/mol. The number of methoxy groups -OCH3 is 2. The molecule has 1 aliphatic heterocycles. The molecule has 1 aliphatic rings. The van der Waals surface area contributed by atoms with Crippen molar-refractivity contribution in [2.24, 2.45) is 0 Å². The van der Waals surface area contributed by atoms with Gasteiger partial charge < -0.3 is 24.0 Å². The standard InChI is InChI=1S/C35H37F3N2O6/c1-6-46-34(43)32-22(2)40(31(41)20-28(32)25-12-14-27(15-13-25)35(36,37)38)21-24-7-10-26(11-8-24)33(42)39(3)18-17-23-9-16-29(44-4)30(19-23)45-5/h7-16,19,28H,6,17-18,20-21H2,1-5H3. The monoisotopic (exact) mass is 638 g/mol. The number of hydrogen-bond acceptors (Lipinski definition) is 6. The van der Waals surface area contributed by atoms with Gasteiger partial charge in [0.1, 0.15) is 0 Å². The van der Waals surface area contributed by atoms with Gasteiger partial charge in [0, 0.05) is 37.2 Å². The van der Waals surface area contributed by atoms with E-state index in [1.54, 1.807) is 64.3 Å². The van der Waals surface area contributed by atoms with Gasteiger partial charge in [-0.25, -0.2) is 4.79 Å². The number of carbonyl (C=O) groups is 3. The molecule has 0 fully saturated rings. The second-order valence-corrected chi connectivity index (χ2v) is 10.9. The summed E-state index contributed by atoms with van der Waals surface area (Å²) in [6.07, 6.45) is -4.01. The minimum atomic E-state index is -4.51. The van der Waals surface area contributed by atoms with Crippen LogP contribution in [0.3, 0.4) is 0 Å². The molecule has 0 N–H and O–H groups in total. The Kier molecular flexibility index (Phi) is 10.8. The maximum atomic E-state index is 13.4. The van der Waals surface area contributed by atoms with E-state index in [0.717, 1.165) is 23.3 Å². The molecule has 1 unspecified atom stereocenters. The van der Waals surface area contributed by atoms with Gasteiger partial charge in [-0.2, -0.15) is 13.2 Å². The second-order valence-electron chi connectivity index (χ2n) is 10.9. The van der Waals surface area contributed by atoms with Crippen molar-refractivity contribution >= 4 is 17.8 Å². The van der Waals surface area contributed by atoms with Gasteiger partial charge in [-0.1, -0.05) is 30.3 Å². The second kappa shape index (κ2) is 14.5. The number of amides is 2. The Hall–Kier alpha value is -4.80. The number of rotatable bonds is 11. The Morgan fingerprint density at radius 3 is 2.15 bits per heavy atom. The zero-order valence-corrected chi connectivity index (χ0v) is 26.4. The number of ether oxygens (including phenoxy) is 3. The van der Waals surface area contributed by atoms with Crippen LogP contribution < -0.4 is 9.47 Å². The molecule has 244 valence electrons. The summed E-state index contributed by atoms with van der Waals surface area (Å²) < 4.78 is 55.3. The van der Waals surface area contributed by atoms with Crippen LogP contribution in [0.2, 0.25) is 0 Å². The lowest BCUT2D eigenvalue weighted by molar-refractivity contribution is -0.140. The third-order valence-electron chi connectivity index (χ3n) is 8.03. The molecule has 2 amide bonds. The molecule has 0 aromatic heterocycles. The molecular weight excluding hydrogens is 601 g/mol. The highest BCUT2D eigenvalue weighted by atomic mass is 19.4. The quantitative estimate of drug-likeness (QED) is 0.226. The number of halogens is 3. The highest BCUT2D eigenvalue weighted by molar-refractivity contribution is 5.96. The van der Waals surface area contributed by atoms with Gasteiger partial charge >= 0.3 is 12.1 Å². The molecule has 0 spiro atoms. The smallest absolute Gasteiger partial charge is 0.416 e. The summed E-state index contributed by atoms with van der Waals surface area (Å²) >= 11 is 0. The normalized spacial score (nSPS) is 15.1. The van der Waals surface area contributed by atoms with Gasteiger partial charge in [0.05, 0.1) is 38.5 Å². The van der Waals surface area contributed by atoms with E-state index in [4.69, 9.17) is 14.2 Å². The fraction of sp³-hybridized carbons (Fsp3) is 0.343.